The number of aromatic nitrogens is 1. The van der Waals surface area contributed by atoms with Crippen LogP contribution in [-0.4, -0.2) is 31.8 Å². The monoisotopic (exact) mass is 406 g/mol. The van der Waals surface area contributed by atoms with Crippen LogP contribution in [0.4, 0.5) is 5.69 Å². The van der Waals surface area contributed by atoms with Gasteiger partial charge in [-0.1, -0.05) is 11.6 Å². The van der Waals surface area contributed by atoms with Gasteiger partial charge in [0.05, 0.1) is 20.8 Å². The Hall–Kier alpha value is -2.24. The molecule has 1 fully saturated rings. The van der Waals surface area contributed by atoms with Crippen molar-refractivity contribution in [3.63, 3.8) is 0 Å². The number of benzene rings is 2. The lowest BCUT2D eigenvalue weighted by Crippen LogP contribution is -2.36. The molecule has 2 aliphatic heterocycles. The molecule has 2 atom stereocenters. The first-order valence-electron chi connectivity index (χ1n) is 10.5. The topological polar surface area (TPSA) is 42.4 Å². The molecule has 0 N–H and O–H groups in total. The van der Waals surface area contributed by atoms with Crippen LogP contribution in [0.2, 0.25) is 0 Å². The van der Waals surface area contributed by atoms with Crippen LogP contribution in [0.1, 0.15) is 25.7 Å². The third kappa shape index (κ3) is 3.69. The highest BCUT2D eigenvalue weighted by Gasteiger charge is 2.36. The van der Waals surface area contributed by atoms with Crippen LogP contribution in [0.25, 0.3) is 20.8 Å². The van der Waals surface area contributed by atoms with E-state index >= 15 is 0 Å². The molecule has 0 spiro atoms. The highest BCUT2D eigenvalue weighted by molar-refractivity contribution is 7.21. The molecule has 5 heteroatoms. The van der Waals surface area contributed by atoms with Crippen LogP contribution in [0, 0.1) is 11.8 Å². The van der Waals surface area contributed by atoms with Crippen molar-refractivity contribution in [1.82, 2.24) is 4.98 Å². The fourth-order valence-electron chi connectivity index (χ4n) is 4.72. The largest absolute Gasteiger partial charge is 0.385 e. The van der Waals surface area contributed by atoms with Gasteiger partial charge in [0.25, 0.3) is 0 Å². The number of hydrogen-bond donors (Lipinski definition) is 0. The number of rotatable bonds is 5. The Morgan fingerprint density at radius 1 is 1.21 bits per heavy atom. The minimum Gasteiger partial charge on any atom is -0.385 e. The summed E-state index contributed by atoms with van der Waals surface area (Å²) < 4.78 is 6.39. The average Bonchev–Trinajstić information content (AvgIpc) is 2.82. The van der Waals surface area contributed by atoms with Crippen LogP contribution in [-0.2, 0) is 4.74 Å². The zero-order valence-corrected chi connectivity index (χ0v) is 17.6. The maximum atomic E-state index is 11.7. The van der Waals surface area contributed by atoms with Crippen molar-refractivity contribution in [2.45, 2.75) is 25.7 Å². The summed E-state index contributed by atoms with van der Waals surface area (Å²) in [6.07, 6.45) is 7.41. The summed E-state index contributed by atoms with van der Waals surface area (Å²) in [5, 5.41) is 0. The van der Waals surface area contributed by atoms with Gasteiger partial charge in [-0.25, -0.2) is 4.98 Å². The van der Waals surface area contributed by atoms with Gasteiger partial charge in [0.1, 0.15) is 0 Å². The maximum Gasteiger partial charge on any atom is 0.180 e. The summed E-state index contributed by atoms with van der Waals surface area (Å²) in [4.78, 5) is 19.9. The Bertz CT molecular complexity index is 1090. The first-order valence-corrected chi connectivity index (χ1v) is 11.3. The highest BCUT2D eigenvalue weighted by atomic mass is 32.1. The predicted octanol–water partition coefficient (Wildman–Crippen LogP) is 4.96. The van der Waals surface area contributed by atoms with E-state index in [1.165, 1.54) is 18.5 Å². The van der Waals surface area contributed by atoms with E-state index in [-0.39, 0.29) is 5.43 Å². The van der Waals surface area contributed by atoms with Gasteiger partial charge in [-0.05, 0) is 67.9 Å². The zero-order chi connectivity index (χ0) is 19.8. The first kappa shape index (κ1) is 18.8. The Labute approximate surface area is 175 Å². The normalized spacial score (nSPS) is 21.6. The van der Waals surface area contributed by atoms with Crippen molar-refractivity contribution in [3.05, 3.63) is 58.3 Å². The van der Waals surface area contributed by atoms with E-state index in [0.29, 0.717) is 0 Å². The number of fused-ring (bicyclic) bond motifs is 3. The van der Waals surface area contributed by atoms with Gasteiger partial charge in [-0.2, -0.15) is 0 Å². The molecule has 4 nitrogen and oxygen atoms in total. The summed E-state index contributed by atoms with van der Waals surface area (Å²) in [7, 11) is 1.78. The van der Waals surface area contributed by atoms with Gasteiger partial charge in [-0.15, -0.1) is 11.3 Å². The molecule has 2 unspecified atom stereocenters. The molecule has 2 aliphatic carbocycles. The van der Waals surface area contributed by atoms with Gasteiger partial charge >= 0.3 is 0 Å². The summed E-state index contributed by atoms with van der Waals surface area (Å²) in [6.45, 7) is 2.94. The first-order chi connectivity index (χ1) is 14.2. The maximum absolute atomic E-state index is 11.7. The summed E-state index contributed by atoms with van der Waals surface area (Å²) in [6, 6.07) is 11.7. The molecule has 1 aromatic carbocycles. The SMILES string of the molecule is COCCCC1=CCN(c2ccc3nc4ccc(=O)cc-4sc3c2)CC2CCC12. The number of methoxy groups -OCH3 is 1. The second kappa shape index (κ2) is 7.88. The average molecular weight is 407 g/mol. The third-order valence-corrected chi connectivity index (χ3v) is 7.53. The number of hydrogen-bond acceptors (Lipinski definition) is 5. The fourth-order valence-corrected chi connectivity index (χ4v) is 5.75. The molecule has 0 aromatic heterocycles. The van der Waals surface area contributed by atoms with Crippen molar-refractivity contribution in [2.75, 3.05) is 31.7 Å². The molecular weight excluding hydrogens is 380 g/mol. The molecule has 1 aromatic rings. The number of ether oxygens (including phenoxy) is 1. The lowest BCUT2D eigenvalue weighted by atomic mass is 9.69. The Morgan fingerprint density at radius 3 is 2.97 bits per heavy atom. The Kier molecular flexibility index (Phi) is 5.10. The minimum atomic E-state index is 0.0423. The summed E-state index contributed by atoms with van der Waals surface area (Å²) in [5.41, 5.74) is 4.83. The number of anilines is 1. The molecule has 1 saturated carbocycles. The van der Waals surface area contributed by atoms with Gasteiger partial charge in [-0.3, -0.25) is 4.79 Å². The van der Waals surface area contributed by atoms with E-state index in [2.05, 4.69) is 29.2 Å². The summed E-state index contributed by atoms with van der Waals surface area (Å²) in [5.74, 6) is 1.53. The zero-order valence-electron chi connectivity index (χ0n) is 16.8. The van der Waals surface area contributed by atoms with Crippen LogP contribution < -0.4 is 10.3 Å². The van der Waals surface area contributed by atoms with E-state index in [4.69, 9.17) is 9.72 Å². The molecule has 0 amide bonds. The molecule has 0 radical (unpaired) electrons. The van der Waals surface area contributed by atoms with E-state index in [1.807, 2.05) is 6.07 Å². The minimum absolute atomic E-state index is 0.0423. The molecule has 0 bridgehead atoms. The van der Waals surface area contributed by atoms with Crippen LogP contribution in [0.3, 0.4) is 0 Å². The van der Waals surface area contributed by atoms with E-state index in [9.17, 15) is 4.79 Å². The van der Waals surface area contributed by atoms with Crippen LogP contribution in [0.5, 0.6) is 0 Å². The standard InChI is InChI=1S/C24H26N2O2S/c1-28-12-2-3-16-10-11-26(15-17-4-7-20(16)17)18-5-8-21-23(13-18)29-24-14-19(27)6-9-22(24)25-21/h5-6,8-10,13-14,17,20H,2-4,7,11-12,15H2,1H3. The van der Waals surface area contributed by atoms with Crippen molar-refractivity contribution in [3.8, 4) is 10.6 Å². The quantitative estimate of drug-likeness (QED) is 0.341. The smallest absolute Gasteiger partial charge is 0.180 e. The van der Waals surface area contributed by atoms with Crippen LogP contribution >= 0.6 is 11.3 Å². The molecule has 4 aliphatic rings. The van der Waals surface area contributed by atoms with Gasteiger partial charge < -0.3 is 9.64 Å². The van der Waals surface area contributed by atoms with Crippen molar-refractivity contribution < 1.29 is 4.74 Å². The fraction of sp³-hybridized carbons (Fsp3) is 0.417. The van der Waals surface area contributed by atoms with Gasteiger partial charge in [0.15, 0.2) is 5.43 Å². The molecule has 0 saturated heterocycles. The van der Waals surface area contributed by atoms with Crippen molar-refractivity contribution in [1.29, 1.82) is 0 Å². The molecular formula is C24H26N2O2S. The van der Waals surface area contributed by atoms with E-state index < -0.39 is 0 Å². The Morgan fingerprint density at radius 2 is 2.14 bits per heavy atom. The lowest BCUT2D eigenvalue weighted by Gasteiger charge is -2.39. The van der Waals surface area contributed by atoms with E-state index in [0.717, 1.165) is 65.2 Å². The third-order valence-electron chi connectivity index (χ3n) is 6.44. The van der Waals surface area contributed by atoms with Crippen molar-refractivity contribution >= 4 is 27.2 Å². The lowest BCUT2D eigenvalue weighted by molar-refractivity contribution is 0.186. The number of nitrogens with zero attached hydrogens (tertiary/aromatic N) is 2. The number of allylic oxidation sites excluding steroid dienone is 1. The second-order valence-electron chi connectivity index (χ2n) is 8.22. The Balaban J connectivity index is 1.44. The molecule has 150 valence electrons. The van der Waals surface area contributed by atoms with E-state index in [1.54, 1.807) is 36.2 Å². The van der Waals surface area contributed by atoms with Gasteiger partial charge in [0.2, 0.25) is 0 Å². The van der Waals surface area contributed by atoms with Crippen LogP contribution in [0.15, 0.2) is 52.8 Å². The van der Waals surface area contributed by atoms with Gasteiger partial charge in [0, 0.05) is 38.6 Å². The molecule has 2 heterocycles. The van der Waals surface area contributed by atoms with Crippen molar-refractivity contribution in [2.24, 2.45) is 11.8 Å². The molecule has 29 heavy (non-hydrogen) atoms. The predicted molar refractivity (Wildman–Crippen MR) is 120 cm³/mol. The highest BCUT2D eigenvalue weighted by Crippen LogP contribution is 2.44. The summed E-state index contributed by atoms with van der Waals surface area (Å²) >= 11 is 1.66. The second-order valence-corrected chi connectivity index (χ2v) is 9.30. The molecule has 5 rings (SSSR count).